The van der Waals surface area contributed by atoms with E-state index >= 15 is 0 Å². The zero-order valence-electron chi connectivity index (χ0n) is 13.2. The Balaban J connectivity index is 1.96. The number of Topliss-reactive ketones (excluding diaryl/α,β-unsaturated/α-hetero) is 1. The van der Waals surface area contributed by atoms with Gasteiger partial charge >= 0.3 is 0 Å². The molecule has 130 valence electrons. The van der Waals surface area contributed by atoms with Gasteiger partial charge in [-0.25, -0.2) is 8.78 Å². The van der Waals surface area contributed by atoms with Crippen LogP contribution in [-0.4, -0.2) is 17.6 Å². The molecule has 0 aliphatic heterocycles. The van der Waals surface area contributed by atoms with Gasteiger partial charge in [0.05, 0.1) is 0 Å². The number of hydrogen-bond acceptors (Lipinski definition) is 3. The number of carbonyl (C=O) groups is 3. The van der Waals surface area contributed by atoms with Crippen LogP contribution in [0.4, 0.5) is 8.78 Å². The monoisotopic (exact) mass is 346 g/mol. The van der Waals surface area contributed by atoms with Gasteiger partial charge in [-0.15, -0.1) is 0 Å². The van der Waals surface area contributed by atoms with Crippen molar-refractivity contribution in [1.29, 1.82) is 0 Å². The zero-order valence-corrected chi connectivity index (χ0v) is 13.2. The van der Waals surface area contributed by atoms with Crippen LogP contribution in [0.3, 0.4) is 0 Å². The average Bonchev–Trinajstić information content (AvgIpc) is 2.60. The second-order valence-corrected chi connectivity index (χ2v) is 5.37. The van der Waals surface area contributed by atoms with Crippen LogP contribution in [-0.2, 0) is 9.59 Å². The van der Waals surface area contributed by atoms with Crippen LogP contribution >= 0.6 is 0 Å². The fourth-order valence-corrected chi connectivity index (χ4v) is 2.24. The Morgan fingerprint density at radius 3 is 2.24 bits per heavy atom. The number of ketones is 1. The Morgan fingerprint density at radius 1 is 0.960 bits per heavy atom. The van der Waals surface area contributed by atoms with E-state index < -0.39 is 35.3 Å². The van der Waals surface area contributed by atoms with Crippen LogP contribution in [0.2, 0.25) is 0 Å². The lowest BCUT2D eigenvalue weighted by molar-refractivity contribution is -0.127. The quantitative estimate of drug-likeness (QED) is 0.754. The molecule has 0 aliphatic rings. The van der Waals surface area contributed by atoms with Crippen molar-refractivity contribution >= 4 is 17.6 Å². The molecule has 2 aromatic carbocycles. The molecule has 0 saturated carbocycles. The molecule has 0 saturated heterocycles. The van der Waals surface area contributed by atoms with Gasteiger partial charge in [-0.05, 0) is 23.8 Å². The third kappa shape index (κ3) is 4.94. The van der Waals surface area contributed by atoms with Gasteiger partial charge < -0.3 is 11.1 Å². The summed E-state index contributed by atoms with van der Waals surface area (Å²) in [6, 6.07) is 10.2. The van der Waals surface area contributed by atoms with Gasteiger partial charge in [0.1, 0.15) is 6.04 Å². The van der Waals surface area contributed by atoms with Crippen LogP contribution in [0.5, 0.6) is 0 Å². The Labute approximate surface area is 142 Å². The molecule has 2 amide bonds. The largest absolute Gasteiger partial charge is 0.368 e. The molecule has 0 unspecified atom stereocenters. The number of nitrogens with one attached hydrogen (secondary N) is 1. The molecule has 0 aromatic heterocycles. The fraction of sp³-hybridized carbons (Fsp3) is 0.167. The molecule has 5 nitrogen and oxygen atoms in total. The standard InChI is InChI=1S/C18H16F2N2O3/c19-13-7-6-12(10-14(13)20)15(23)8-9-16(24)22-17(18(21)25)11-4-2-1-3-5-11/h1-7,10,17H,8-9H2,(H2,21,25)(H,22,24)/t17-/m1/s1. The molecule has 2 aromatic rings. The molecule has 1 atom stereocenters. The van der Waals surface area contributed by atoms with Gasteiger partial charge in [0.25, 0.3) is 0 Å². The molecule has 3 N–H and O–H groups in total. The van der Waals surface area contributed by atoms with Crippen molar-refractivity contribution in [3.63, 3.8) is 0 Å². The number of primary amides is 1. The summed E-state index contributed by atoms with van der Waals surface area (Å²) in [6.07, 6.45) is -0.425. The zero-order chi connectivity index (χ0) is 18.4. The van der Waals surface area contributed by atoms with E-state index in [1.54, 1.807) is 30.3 Å². The number of amides is 2. The van der Waals surface area contributed by atoms with E-state index in [1.165, 1.54) is 0 Å². The first-order valence-electron chi connectivity index (χ1n) is 7.50. The fourth-order valence-electron chi connectivity index (χ4n) is 2.24. The molecule has 0 fully saturated rings. The van der Waals surface area contributed by atoms with E-state index in [4.69, 9.17) is 5.73 Å². The average molecular weight is 346 g/mol. The maximum atomic E-state index is 13.1. The second-order valence-electron chi connectivity index (χ2n) is 5.37. The van der Waals surface area contributed by atoms with E-state index in [9.17, 15) is 23.2 Å². The number of hydrogen-bond donors (Lipinski definition) is 2. The lowest BCUT2D eigenvalue weighted by atomic mass is 10.0. The Kier molecular flexibility index (Phi) is 5.94. The Hall–Kier alpha value is -3.09. The van der Waals surface area contributed by atoms with Gasteiger partial charge in [-0.1, -0.05) is 30.3 Å². The highest BCUT2D eigenvalue weighted by atomic mass is 19.2. The maximum Gasteiger partial charge on any atom is 0.244 e. The molecule has 25 heavy (non-hydrogen) atoms. The highest BCUT2D eigenvalue weighted by molar-refractivity contribution is 5.98. The molecular formula is C18H16F2N2O3. The van der Waals surface area contributed by atoms with E-state index in [0.717, 1.165) is 18.2 Å². The lowest BCUT2D eigenvalue weighted by Crippen LogP contribution is -2.37. The van der Waals surface area contributed by atoms with E-state index in [1.807, 2.05) is 0 Å². The van der Waals surface area contributed by atoms with Crippen molar-refractivity contribution < 1.29 is 23.2 Å². The summed E-state index contributed by atoms with van der Waals surface area (Å²) in [5.74, 6) is -3.98. The van der Waals surface area contributed by atoms with Crippen molar-refractivity contribution in [2.75, 3.05) is 0 Å². The van der Waals surface area contributed by atoms with Gasteiger partial charge in [0, 0.05) is 18.4 Å². The minimum absolute atomic E-state index is 0.0267. The minimum Gasteiger partial charge on any atom is -0.368 e. The Bertz CT molecular complexity index is 794. The van der Waals surface area contributed by atoms with Crippen LogP contribution in [0, 0.1) is 11.6 Å². The predicted molar refractivity (Wildman–Crippen MR) is 86.4 cm³/mol. The molecule has 0 radical (unpaired) electrons. The van der Waals surface area contributed by atoms with E-state index in [0.29, 0.717) is 5.56 Å². The van der Waals surface area contributed by atoms with Gasteiger partial charge in [0.2, 0.25) is 11.8 Å². The van der Waals surface area contributed by atoms with Gasteiger partial charge in [0.15, 0.2) is 17.4 Å². The van der Waals surface area contributed by atoms with Crippen molar-refractivity contribution in [3.05, 3.63) is 71.3 Å². The van der Waals surface area contributed by atoms with Crippen LogP contribution in [0.15, 0.2) is 48.5 Å². The SMILES string of the molecule is NC(=O)[C@H](NC(=O)CCC(=O)c1ccc(F)c(F)c1)c1ccccc1. The highest BCUT2D eigenvalue weighted by Gasteiger charge is 2.20. The van der Waals surface area contributed by atoms with Gasteiger partial charge in [-0.2, -0.15) is 0 Å². The molecule has 0 heterocycles. The lowest BCUT2D eigenvalue weighted by Gasteiger charge is -2.15. The van der Waals surface area contributed by atoms with Crippen LogP contribution < -0.4 is 11.1 Å². The summed E-state index contributed by atoms with van der Waals surface area (Å²) in [4.78, 5) is 35.5. The first kappa shape index (κ1) is 18.3. The third-order valence-electron chi connectivity index (χ3n) is 3.54. The molecule has 0 bridgehead atoms. The second kappa shape index (κ2) is 8.14. The predicted octanol–water partition coefficient (Wildman–Crippen LogP) is 2.27. The topological polar surface area (TPSA) is 89.3 Å². The van der Waals surface area contributed by atoms with Crippen molar-refractivity contribution in [2.45, 2.75) is 18.9 Å². The normalized spacial score (nSPS) is 11.6. The number of benzene rings is 2. The summed E-state index contributed by atoms with van der Waals surface area (Å²) in [7, 11) is 0. The van der Waals surface area contributed by atoms with Crippen LogP contribution in [0.1, 0.15) is 34.8 Å². The highest BCUT2D eigenvalue weighted by Crippen LogP contribution is 2.14. The maximum absolute atomic E-state index is 13.1. The molecule has 0 aliphatic carbocycles. The number of carbonyl (C=O) groups excluding carboxylic acids is 3. The van der Waals surface area contributed by atoms with Crippen molar-refractivity contribution in [1.82, 2.24) is 5.32 Å². The molecule has 7 heteroatoms. The van der Waals surface area contributed by atoms with Crippen molar-refractivity contribution in [3.8, 4) is 0 Å². The summed E-state index contributed by atoms with van der Waals surface area (Å²) in [5.41, 5.74) is 5.79. The van der Waals surface area contributed by atoms with Crippen molar-refractivity contribution in [2.24, 2.45) is 5.73 Å². The van der Waals surface area contributed by atoms with E-state index in [2.05, 4.69) is 5.32 Å². The minimum atomic E-state index is -1.13. The summed E-state index contributed by atoms with van der Waals surface area (Å²) >= 11 is 0. The number of halogens is 2. The number of rotatable bonds is 7. The molecule has 0 spiro atoms. The first-order chi connectivity index (χ1) is 11.9. The molecule has 2 rings (SSSR count). The van der Waals surface area contributed by atoms with Gasteiger partial charge in [-0.3, -0.25) is 14.4 Å². The summed E-state index contributed by atoms with van der Waals surface area (Å²) < 4.78 is 26.0. The summed E-state index contributed by atoms with van der Waals surface area (Å²) in [5, 5.41) is 2.46. The molecular weight excluding hydrogens is 330 g/mol. The Morgan fingerprint density at radius 2 is 1.64 bits per heavy atom. The third-order valence-corrected chi connectivity index (χ3v) is 3.54. The smallest absolute Gasteiger partial charge is 0.244 e. The first-order valence-corrected chi connectivity index (χ1v) is 7.50. The number of nitrogens with two attached hydrogens (primary N) is 1. The van der Waals surface area contributed by atoms with E-state index in [-0.39, 0.29) is 18.4 Å². The summed E-state index contributed by atoms with van der Waals surface area (Å²) in [6.45, 7) is 0. The van der Waals surface area contributed by atoms with Crippen LogP contribution in [0.25, 0.3) is 0 Å².